The van der Waals surface area contributed by atoms with Crippen molar-refractivity contribution in [2.45, 2.75) is 0 Å². The monoisotopic (exact) mass is 366 g/mol. The molecular formula is C13H11BrN4O4. The summed E-state index contributed by atoms with van der Waals surface area (Å²) in [5, 5.41) is 10.5. The zero-order valence-electron chi connectivity index (χ0n) is 11.4. The highest BCUT2D eigenvalue weighted by Crippen LogP contribution is 2.13. The molecule has 2 amide bonds. The van der Waals surface area contributed by atoms with Crippen LogP contribution in [0.3, 0.4) is 0 Å². The number of hydrogen-bond acceptors (Lipinski definition) is 4. The summed E-state index contributed by atoms with van der Waals surface area (Å²) in [5.74, 6) is -1.06. The first kappa shape index (κ1) is 15.7. The van der Waals surface area contributed by atoms with E-state index in [0.717, 1.165) is 4.47 Å². The number of rotatable bonds is 3. The number of amides is 2. The number of nitro benzene ring substituents is 1. The Hall–Kier alpha value is -2.68. The number of non-ortho nitro benzene ring substituents is 1. The maximum Gasteiger partial charge on any atom is 0.286 e. The standard InChI is InChI=1S/C13H11BrN4O4/c1-17-7-9(14)6-11(17)13(20)16-15-12(19)8-2-4-10(5-3-8)18(21)22/h2-7H,1H3,(H,15,19)(H,16,20). The molecule has 1 heterocycles. The molecule has 1 aromatic carbocycles. The lowest BCUT2D eigenvalue weighted by molar-refractivity contribution is -0.384. The van der Waals surface area contributed by atoms with Gasteiger partial charge in [-0.15, -0.1) is 0 Å². The maximum absolute atomic E-state index is 11.9. The van der Waals surface area contributed by atoms with Gasteiger partial charge in [0, 0.05) is 35.4 Å². The van der Waals surface area contributed by atoms with E-state index in [9.17, 15) is 19.7 Å². The molecule has 0 saturated carbocycles. The minimum absolute atomic E-state index is 0.116. The second-order valence-corrected chi connectivity index (χ2v) is 5.28. The van der Waals surface area contributed by atoms with Crippen LogP contribution in [0, 0.1) is 10.1 Å². The fourth-order valence-electron chi connectivity index (χ4n) is 1.73. The fourth-order valence-corrected chi connectivity index (χ4v) is 2.26. The van der Waals surface area contributed by atoms with E-state index in [1.165, 1.54) is 24.3 Å². The molecule has 2 N–H and O–H groups in total. The Kier molecular flexibility index (Phi) is 4.56. The van der Waals surface area contributed by atoms with E-state index in [2.05, 4.69) is 26.8 Å². The first-order chi connectivity index (χ1) is 10.4. The summed E-state index contributed by atoms with van der Waals surface area (Å²) in [4.78, 5) is 33.7. The summed E-state index contributed by atoms with van der Waals surface area (Å²) in [5.41, 5.74) is 4.95. The van der Waals surface area contributed by atoms with Crippen molar-refractivity contribution in [2.24, 2.45) is 7.05 Å². The Morgan fingerprint density at radius 2 is 1.77 bits per heavy atom. The molecule has 2 aromatic rings. The fraction of sp³-hybridized carbons (Fsp3) is 0.0769. The van der Waals surface area contributed by atoms with Crippen LogP contribution in [0.2, 0.25) is 0 Å². The molecule has 0 unspecified atom stereocenters. The highest BCUT2D eigenvalue weighted by molar-refractivity contribution is 9.10. The van der Waals surface area contributed by atoms with Gasteiger partial charge < -0.3 is 4.57 Å². The lowest BCUT2D eigenvalue weighted by Gasteiger charge is -2.07. The van der Waals surface area contributed by atoms with Crippen molar-refractivity contribution in [1.82, 2.24) is 15.4 Å². The van der Waals surface area contributed by atoms with Gasteiger partial charge in [-0.2, -0.15) is 0 Å². The van der Waals surface area contributed by atoms with Crippen molar-refractivity contribution in [3.05, 3.63) is 62.4 Å². The van der Waals surface area contributed by atoms with Gasteiger partial charge in [0.25, 0.3) is 17.5 Å². The summed E-state index contributed by atoms with van der Waals surface area (Å²) in [6.45, 7) is 0. The molecule has 1 aromatic heterocycles. The van der Waals surface area contributed by atoms with Crippen LogP contribution in [0.5, 0.6) is 0 Å². The van der Waals surface area contributed by atoms with Crippen LogP contribution in [-0.4, -0.2) is 21.3 Å². The van der Waals surface area contributed by atoms with E-state index in [0.29, 0.717) is 5.69 Å². The molecule has 2 rings (SSSR count). The van der Waals surface area contributed by atoms with Crippen molar-refractivity contribution < 1.29 is 14.5 Å². The Balaban J connectivity index is 1.99. The third-order valence-corrected chi connectivity index (χ3v) is 3.27. The van der Waals surface area contributed by atoms with Crippen molar-refractivity contribution >= 4 is 33.4 Å². The second-order valence-electron chi connectivity index (χ2n) is 4.37. The highest BCUT2D eigenvalue weighted by atomic mass is 79.9. The second kappa shape index (κ2) is 6.39. The number of benzene rings is 1. The molecule has 0 aliphatic heterocycles. The highest BCUT2D eigenvalue weighted by Gasteiger charge is 2.13. The smallest absolute Gasteiger partial charge is 0.286 e. The van der Waals surface area contributed by atoms with Gasteiger partial charge in [0.2, 0.25) is 0 Å². The zero-order valence-corrected chi connectivity index (χ0v) is 13.0. The summed E-state index contributed by atoms with van der Waals surface area (Å²) in [6, 6.07) is 6.64. The van der Waals surface area contributed by atoms with Crippen molar-refractivity contribution in [2.75, 3.05) is 0 Å². The number of nitro groups is 1. The number of carbonyl (C=O) groups excluding carboxylic acids is 2. The SMILES string of the molecule is Cn1cc(Br)cc1C(=O)NNC(=O)c1ccc([N+](=O)[O-])cc1. The molecule has 0 fully saturated rings. The van der Waals surface area contributed by atoms with E-state index >= 15 is 0 Å². The molecule has 114 valence electrons. The largest absolute Gasteiger partial charge is 0.345 e. The number of carbonyl (C=O) groups is 2. The van der Waals surface area contributed by atoms with E-state index in [1.807, 2.05) is 0 Å². The van der Waals surface area contributed by atoms with Crippen molar-refractivity contribution in [3.8, 4) is 0 Å². The molecule has 0 spiro atoms. The third kappa shape index (κ3) is 3.50. The number of hydrazine groups is 1. The van der Waals surface area contributed by atoms with Crippen molar-refractivity contribution in [3.63, 3.8) is 0 Å². The number of aryl methyl sites for hydroxylation is 1. The molecule has 0 saturated heterocycles. The third-order valence-electron chi connectivity index (χ3n) is 2.83. The normalized spacial score (nSPS) is 10.1. The quantitative estimate of drug-likeness (QED) is 0.637. The average molecular weight is 367 g/mol. The molecular weight excluding hydrogens is 356 g/mol. The number of halogens is 1. The van der Waals surface area contributed by atoms with Gasteiger partial charge >= 0.3 is 0 Å². The Morgan fingerprint density at radius 3 is 2.27 bits per heavy atom. The van der Waals surface area contributed by atoms with Gasteiger partial charge in [-0.1, -0.05) is 0 Å². The predicted molar refractivity (Wildman–Crippen MR) is 81.1 cm³/mol. The average Bonchev–Trinajstić information content (AvgIpc) is 2.83. The maximum atomic E-state index is 11.9. The molecule has 0 aliphatic rings. The van der Waals surface area contributed by atoms with Crippen LogP contribution in [0.4, 0.5) is 5.69 Å². The zero-order chi connectivity index (χ0) is 16.3. The topological polar surface area (TPSA) is 106 Å². The molecule has 0 radical (unpaired) electrons. The van der Waals surface area contributed by atoms with Crippen molar-refractivity contribution in [1.29, 1.82) is 0 Å². The number of nitrogens with zero attached hydrogens (tertiary/aromatic N) is 2. The molecule has 0 bridgehead atoms. The summed E-state index contributed by atoms with van der Waals surface area (Å²) in [7, 11) is 1.69. The Morgan fingerprint density at radius 1 is 1.18 bits per heavy atom. The van der Waals surface area contributed by atoms with Crippen LogP contribution in [0.25, 0.3) is 0 Å². The predicted octanol–water partition coefficient (Wildman–Crippen LogP) is 1.77. The summed E-state index contributed by atoms with van der Waals surface area (Å²) >= 11 is 3.24. The first-order valence-corrected chi connectivity index (χ1v) is 6.85. The molecule has 0 aliphatic carbocycles. The molecule has 0 atom stereocenters. The lowest BCUT2D eigenvalue weighted by Crippen LogP contribution is -2.42. The first-order valence-electron chi connectivity index (χ1n) is 6.05. The minimum Gasteiger partial charge on any atom is -0.345 e. The minimum atomic E-state index is -0.573. The van der Waals surface area contributed by atoms with E-state index in [4.69, 9.17) is 0 Å². The summed E-state index contributed by atoms with van der Waals surface area (Å²) < 4.78 is 2.33. The lowest BCUT2D eigenvalue weighted by atomic mass is 10.2. The van der Waals surface area contributed by atoms with Gasteiger partial charge in [0.05, 0.1) is 4.92 Å². The molecule has 9 heteroatoms. The van der Waals surface area contributed by atoms with E-state index in [1.54, 1.807) is 23.9 Å². The van der Waals surface area contributed by atoms with Gasteiger partial charge in [0.1, 0.15) is 5.69 Å². The Bertz CT molecular complexity index is 739. The van der Waals surface area contributed by atoms with Gasteiger partial charge in [-0.3, -0.25) is 30.6 Å². The van der Waals surface area contributed by atoms with Crippen LogP contribution in [-0.2, 0) is 7.05 Å². The number of hydrogen-bond donors (Lipinski definition) is 2. The van der Waals surface area contributed by atoms with Gasteiger partial charge in [0.15, 0.2) is 0 Å². The molecule has 22 heavy (non-hydrogen) atoms. The molecule has 8 nitrogen and oxygen atoms in total. The van der Waals surface area contributed by atoms with Crippen LogP contribution < -0.4 is 10.9 Å². The van der Waals surface area contributed by atoms with E-state index in [-0.39, 0.29) is 11.3 Å². The Labute approximate surface area is 133 Å². The summed E-state index contributed by atoms with van der Waals surface area (Å²) in [6.07, 6.45) is 1.70. The van der Waals surface area contributed by atoms with Crippen LogP contribution in [0.1, 0.15) is 20.8 Å². The van der Waals surface area contributed by atoms with Gasteiger partial charge in [-0.25, -0.2) is 0 Å². The van der Waals surface area contributed by atoms with E-state index < -0.39 is 16.7 Å². The van der Waals surface area contributed by atoms with Crippen LogP contribution in [0.15, 0.2) is 41.0 Å². The number of nitrogens with one attached hydrogen (secondary N) is 2. The van der Waals surface area contributed by atoms with Crippen LogP contribution >= 0.6 is 15.9 Å². The number of aromatic nitrogens is 1. The van der Waals surface area contributed by atoms with Gasteiger partial charge in [-0.05, 0) is 34.1 Å².